The Labute approximate surface area is 217 Å². The van der Waals surface area contributed by atoms with Gasteiger partial charge in [-0.25, -0.2) is 15.0 Å². The van der Waals surface area contributed by atoms with E-state index in [1.165, 1.54) is 6.33 Å². The van der Waals surface area contributed by atoms with Gasteiger partial charge in [0.25, 0.3) is 0 Å². The molecule has 0 spiro atoms. The zero-order valence-corrected chi connectivity index (χ0v) is 20.3. The Bertz CT molecular complexity index is 1510. The van der Waals surface area contributed by atoms with E-state index >= 15 is 0 Å². The Morgan fingerprint density at radius 3 is 2.68 bits per heavy atom. The predicted octanol–water partition coefficient (Wildman–Crippen LogP) is 2.26. The SMILES string of the molecule is Cc1ccc(Oc2ccc(C#N)cc2)cc1COB1OC2[C@@H](CO)O[C@@H](n3cnc4c(N)ncnc43)[C@H]2O1. The topological polar surface area (TPSA) is 160 Å². The summed E-state index contributed by atoms with van der Waals surface area (Å²) >= 11 is 0. The third kappa shape index (κ3) is 4.45. The quantitative estimate of drug-likeness (QED) is 0.348. The van der Waals surface area contributed by atoms with Gasteiger partial charge in [0.2, 0.25) is 0 Å². The summed E-state index contributed by atoms with van der Waals surface area (Å²) in [5.74, 6) is 1.51. The van der Waals surface area contributed by atoms with Crippen molar-refractivity contribution in [3.05, 3.63) is 71.8 Å². The highest BCUT2D eigenvalue weighted by Gasteiger charge is 2.56. The van der Waals surface area contributed by atoms with Gasteiger partial charge in [-0.2, -0.15) is 5.26 Å². The Kier molecular flexibility index (Phi) is 6.40. The minimum atomic E-state index is -0.970. The lowest BCUT2D eigenvalue weighted by Crippen LogP contribution is -2.31. The van der Waals surface area contributed by atoms with Crippen molar-refractivity contribution >= 4 is 24.3 Å². The maximum absolute atomic E-state index is 9.90. The summed E-state index contributed by atoms with van der Waals surface area (Å²) in [4.78, 5) is 12.5. The molecule has 13 heteroatoms. The summed E-state index contributed by atoms with van der Waals surface area (Å²) in [6.07, 6.45) is 0.497. The summed E-state index contributed by atoms with van der Waals surface area (Å²) in [6.45, 7) is 1.91. The highest BCUT2D eigenvalue weighted by atomic mass is 16.8. The molecule has 2 aromatic carbocycles. The molecule has 0 bridgehead atoms. The van der Waals surface area contributed by atoms with Gasteiger partial charge in [-0.1, -0.05) is 6.07 Å². The van der Waals surface area contributed by atoms with Crippen molar-refractivity contribution in [3.8, 4) is 17.6 Å². The molecule has 0 amide bonds. The first-order valence-electron chi connectivity index (χ1n) is 11.9. The number of aliphatic hydroxyl groups is 1. The van der Waals surface area contributed by atoms with Crippen LogP contribution in [-0.4, -0.2) is 56.9 Å². The van der Waals surface area contributed by atoms with Gasteiger partial charge in [-0.05, 0) is 54.4 Å². The molecule has 0 aliphatic carbocycles. The smallest absolute Gasteiger partial charge is 0.457 e. The number of benzene rings is 2. The van der Waals surface area contributed by atoms with E-state index in [-0.39, 0.29) is 19.0 Å². The first-order valence-corrected chi connectivity index (χ1v) is 11.9. The number of imidazole rings is 1. The monoisotopic (exact) mass is 514 g/mol. The average molecular weight is 514 g/mol. The highest BCUT2D eigenvalue weighted by molar-refractivity contribution is 6.37. The zero-order chi connectivity index (χ0) is 26.2. The second kappa shape index (κ2) is 10.0. The van der Waals surface area contributed by atoms with Crippen molar-refractivity contribution < 1.29 is 28.5 Å². The van der Waals surface area contributed by atoms with Gasteiger partial charge < -0.3 is 34.3 Å². The minimum absolute atomic E-state index is 0.202. The van der Waals surface area contributed by atoms with Crippen molar-refractivity contribution in [3.63, 3.8) is 0 Å². The average Bonchev–Trinajstić information content (AvgIpc) is 3.63. The lowest BCUT2D eigenvalue weighted by molar-refractivity contribution is -0.0652. The summed E-state index contributed by atoms with van der Waals surface area (Å²) in [5, 5.41) is 18.9. The lowest BCUT2D eigenvalue weighted by atomic mass is 10.1. The molecule has 4 atom stereocenters. The number of fused-ring (bicyclic) bond motifs is 2. The molecular formula is C25H23BN6O6. The summed E-state index contributed by atoms with van der Waals surface area (Å²) in [7, 11) is -0.970. The molecule has 12 nitrogen and oxygen atoms in total. The standard InChI is InChI=1S/C25H23BN6O6/c1-14-2-5-18(35-17-6-3-15(9-27)4-7-17)8-16(14)11-34-26-37-21-19(10-33)36-25(22(21)38-26)32-13-31-20-23(28)29-12-30-24(20)32/h2-8,12-13,19,21-22,25,33H,10-11H2,1H3,(H2,28,29,30)/t19-,21?,22+,25-/m1/s1. The Balaban J connectivity index is 1.15. The third-order valence-corrected chi connectivity index (χ3v) is 6.58. The number of nitriles is 1. The van der Waals surface area contributed by atoms with Gasteiger partial charge in [0, 0.05) is 0 Å². The normalized spacial score (nSPS) is 22.5. The number of nitrogen functional groups attached to an aromatic ring is 1. The van der Waals surface area contributed by atoms with E-state index in [1.807, 2.05) is 25.1 Å². The molecule has 2 aliphatic heterocycles. The van der Waals surface area contributed by atoms with Crippen molar-refractivity contribution in [2.45, 2.75) is 38.1 Å². The van der Waals surface area contributed by atoms with Gasteiger partial charge in [-0.15, -0.1) is 0 Å². The second-order valence-corrected chi connectivity index (χ2v) is 8.96. The molecule has 6 rings (SSSR count). The Hall–Kier alpha value is -4.06. The highest BCUT2D eigenvalue weighted by Crippen LogP contribution is 2.40. The molecule has 0 saturated carbocycles. The molecule has 192 valence electrons. The second-order valence-electron chi connectivity index (χ2n) is 8.96. The van der Waals surface area contributed by atoms with E-state index < -0.39 is 31.9 Å². The molecule has 2 aromatic heterocycles. The summed E-state index contributed by atoms with van der Waals surface area (Å²) in [6, 6.07) is 14.7. The first-order chi connectivity index (χ1) is 18.5. The number of hydrogen-bond acceptors (Lipinski definition) is 11. The van der Waals surface area contributed by atoms with Crippen LogP contribution in [0.15, 0.2) is 55.1 Å². The van der Waals surface area contributed by atoms with Crippen LogP contribution in [-0.2, 0) is 25.3 Å². The number of nitrogens with two attached hydrogens (primary N) is 1. The van der Waals surface area contributed by atoms with Crippen molar-refractivity contribution in [1.29, 1.82) is 5.26 Å². The number of aromatic nitrogens is 4. The van der Waals surface area contributed by atoms with E-state index in [0.29, 0.717) is 28.2 Å². The van der Waals surface area contributed by atoms with Crippen molar-refractivity contribution in [2.75, 3.05) is 12.3 Å². The van der Waals surface area contributed by atoms with Crippen molar-refractivity contribution in [1.82, 2.24) is 19.5 Å². The molecule has 3 N–H and O–H groups in total. The lowest BCUT2D eigenvalue weighted by Gasteiger charge is -2.19. The fourth-order valence-corrected chi connectivity index (χ4v) is 4.57. The molecule has 4 aromatic rings. The molecule has 38 heavy (non-hydrogen) atoms. The van der Waals surface area contributed by atoms with E-state index in [0.717, 1.165) is 11.1 Å². The van der Waals surface area contributed by atoms with Crippen LogP contribution in [0.2, 0.25) is 0 Å². The van der Waals surface area contributed by atoms with Gasteiger partial charge in [0.05, 0.1) is 31.2 Å². The van der Waals surface area contributed by atoms with Crippen LogP contribution in [0, 0.1) is 18.3 Å². The summed E-state index contributed by atoms with van der Waals surface area (Å²) in [5.41, 5.74) is 9.31. The minimum Gasteiger partial charge on any atom is -0.457 e. The number of hydrogen-bond donors (Lipinski definition) is 2. The fourth-order valence-electron chi connectivity index (χ4n) is 4.57. The third-order valence-electron chi connectivity index (χ3n) is 6.58. The van der Waals surface area contributed by atoms with Gasteiger partial charge >= 0.3 is 7.32 Å². The number of ether oxygens (including phenoxy) is 2. The van der Waals surface area contributed by atoms with Crippen LogP contribution in [0.1, 0.15) is 22.9 Å². The molecule has 2 fully saturated rings. The van der Waals surface area contributed by atoms with Gasteiger partial charge in [-0.3, -0.25) is 4.57 Å². The Morgan fingerprint density at radius 2 is 1.89 bits per heavy atom. The van der Waals surface area contributed by atoms with Crippen LogP contribution >= 0.6 is 0 Å². The molecule has 2 aliphatic rings. The van der Waals surface area contributed by atoms with Crippen molar-refractivity contribution in [2.24, 2.45) is 0 Å². The van der Waals surface area contributed by atoms with E-state index in [4.69, 9.17) is 34.4 Å². The number of rotatable bonds is 7. The Morgan fingerprint density at radius 1 is 1.11 bits per heavy atom. The van der Waals surface area contributed by atoms with Crippen LogP contribution in [0.5, 0.6) is 11.5 Å². The van der Waals surface area contributed by atoms with E-state index in [9.17, 15) is 5.11 Å². The van der Waals surface area contributed by atoms with E-state index in [1.54, 1.807) is 35.2 Å². The molecule has 1 unspecified atom stereocenters. The number of aliphatic hydroxyl groups excluding tert-OH is 1. The summed E-state index contributed by atoms with van der Waals surface area (Å²) < 4.78 is 31.7. The van der Waals surface area contributed by atoms with Gasteiger partial charge in [0.1, 0.15) is 41.7 Å². The van der Waals surface area contributed by atoms with Gasteiger partial charge in [0.15, 0.2) is 17.7 Å². The molecule has 4 heterocycles. The molecular weight excluding hydrogens is 491 g/mol. The van der Waals surface area contributed by atoms with Crippen LogP contribution < -0.4 is 10.5 Å². The van der Waals surface area contributed by atoms with Crippen LogP contribution in [0.25, 0.3) is 11.2 Å². The van der Waals surface area contributed by atoms with Crippen LogP contribution in [0.4, 0.5) is 5.82 Å². The number of anilines is 1. The number of aryl methyl sites for hydroxylation is 1. The fraction of sp³-hybridized carbons (Fsp3) is 0.280. The zero-order valence-electron chi connectivity index (χ0n) is 20.3. The molecule has 0 radical (unpaired) electrons. The first kappa shape index (κ1) is 24.3. The maximum atomic E-state index is 9.90. The molecule has 2 saturated heterocycles. The number of nitrogens with zero attached hydrogens (tertiary/aromatic N) is 5. The van der Waals surface area contributed by atoms with E-state index in [2.05, 4.69) is 21.0 Å². The maximum Gasteiger partial charge on any atom is 0.640 e. The van der Waals surface area contributed by atoms with Crippen LogP contribution in [0.3, 0.4) is 0 Å². The predicted molar refractivity (Wildman–Crippen MR) is 133 cm³/mol. The largest absolute Gasteiger partial charge is 0.640 e.